The van der Waals surface area contributed by atoms with Gasteiger partial charge in [0, 0.05) is 37.3 Å². The van der Waals surface area contributed by atoms with Crippen LogP contribution in [0.2, 0.25) is 0 Å². The molecule has 2 aliphatic heterocycles. The number of halogens is 1. The summed E-state index contributed by atoms with van der Waals surface area (Å²) in [6.07, 6.45) is 0. The molecule has 12 heteroatoms. The summed E-state index contributed by atoms with van der Waals surface area (Å²) >= 11 is 0. The van der Waals surface area contributed by atoms with Crippen LogP contribution < -0.4 is 34.5 Å². The molecule has 0 atom stereocenters. The van der Waals surface area contributed by atoms with E-state index in [4.69, 9.17) is 33.1 Å². The van der Waals surface area contributed by atoms with Crippen LogP contribution in [0.4, 0.5) is 0 Å². The van der Waals surface area contributed by atoms with Gasteiger partial charge in [-0.05, 0) is 36.4 Å². The number of ether oxygens (including phenoxy) is 2. The number of morpholine rings is 2. The van der Waals surface area contributed by atoms with Gasteiger partial charge in [0.1, 0.15) is 34.3 Å². The number of rotatable bonds is 8. The summed E-state index contributed by atoms with van der Waals surface area (Å²) in [7, 11) is -7.73. The lowest BCUT2D eigenvalue weighted by molar-refractivity contribution is -2.00. The van der Waals surface area contributed by atoms with Crippen molar-refractivity contribution < 1.29 is 43.1 Å². The Morgan fingerprint density at radius 1 is 0.519 bits per heavy atom. The van der Waals surface area contributed by atoms with Gasteiger partial charge in [-0.1, -0.05) is 115 Å². The minimum atomic E-state index is -4.94. The van der Waals surface area contributed by atoms with Gasteiger partial charge in [0.15, 0.2) is 5.70 Å². The first kappa shape index (κ1) is 39.0. The smallest absolute Gasteiger partial charge is 0.276 e. The largest absolute Gasteiger partial charge is 0.378 e. The van der Waals surface area contributed by atoms with Gasteiger partial charge in [-0.3, -0.25) is 4.79 Å². The summed E-state index contributed by atoms with van der Waals surface area (Å²) in [6, 6.07) is 52.8. The zero-order valence-electron chi connectivity index (χ0n) is 29.6. The average molecular weight is 766 g/mol. The topological polar surface area (TPSA) is 147 Å². The molecule has 2 saturated heterocycles. The summed E-state index contributed by atoms with van der Waals surface area (Å²) in [5, 5.41) is 4.40. The first-order valence-electron chi connectivity index (χ1n) is 17.6. The minimum absolute atomic E-state index is 0.0870. The number of hydrogen-bond acceptors (Lipinski definition) is 8. The molecule has 0 unspecified atom stereocenters. The van der Waals surface area contributed by atoms with Crippen molar-refractivity contribution in [3.05, 3.63) is 168 Å². The van der Waals surface area contributed by atoms with E-state index in [1.54, 1.807) is 0 Å². The molecule has 1 amide bonds. The molecule has 278 valence electrons. The summed E-state index contributed by atoms with van der Waals surface area (Å²) in [6.45, 7) is 4.57. The number of nitrogens with zero attached hydrogens (tertiary/aromatic N) is 3. The van der Waals surface area contributed by atoms with E-state index in [-0.39, 0.29) is 5.91 Å². The third-order valence-electron chi connectivity index (χ3n) is 9.10. The van der Waals surface area contributed by atoms with E-state index in [1.807, 2.05) is 29.2 Å². The first-order valence-corrected chi connectivity index (χ1v) is 20.6. The molecule has 10 nitrogen and oxygen atoms in total. The van der Waals surface area contributed by atoms with Gasteiger partial charge in [-0.2, -0.15) is 0 Å². The van der Waals surface area contributed by atoms with E-state index in [9.17, 15) is 0 Å². The average Bonchev–Trinajstić information content (AvgIpc) is 3.22. The summed E-state index contributed by atoms with van der Waals surface area (Å²) in [5.74, 6) is 0.692. The maximum atomic E-state index is 15.4. The molecule has 0 bridgehead atoms. The molecule has 5 aromatic carbocycles. The Morgan fingerprint density at radius 3 is 1.24 bits per heavy atom. The highest BCUT2D eigenvalue weighted by molar-refractivity contribution is 8.03. The zero-order chi connectivity index (χ0) is 37.8. The standard InChI is InChI=1S/C42H41N3O3P.ClHO4/c46-42(45-28-32-48-33-29-45)39(43-41(35-18-8-2-9-19-35)44-26-30-47-31-27-44)40(34-16-6-1-7-17-34)49(36-20-10-3-11-21-36,37-22-12-4-13-23-37)38-24-14-5-15-25-38;2-1(3,4)5/h1-25H,26-33H2;(H,2,3,4,5)/q+1;/p-1/b40-39+,43-41?;. The van der Waals surface area contributed by atoms with Crippen molar-refractivity contribution in [1.82, 2.24) is 9.80 Å². The predicted molar refractivity (Wildman–Crippen MR) is 201 cm³/mol. The Hall–Kier alpha value is -4.74. The molecule has 0 saturated carbocycles. The van der Waals surface area contributed by atoms with Crippen LogP contribution in [0.1, 0.15) is 11.1 Å². The Balaban J connectivity index is 0.000000934. The summed E-state index contributed by atoms with van der Waals surface area (Å²) in [5.41, 5.74) is 2.40. The number of carbonyl (C=O) groups excluding carboxylic acids is 1. The molecule has 2 fully saturated rings. The lowest BCUT2D eigenvalue weighted by Gasteiger charge is -2.34. The van der Waals surface area contributed by atoms with Gasteiger partial charge >= 0.3 is 0 Å². The fourth-order valence-corrected chi connectivity index (χ4v) is 11.3. The molecule has 54 heavy (non-hydrogen) atoms. The number of carbonyl (C=O) groups is 1. The molecule has 0 spiro atoms. The fourth-order valence-electron chi connectivity index (χ4n) is 6.78. The molecule has 2 aliphatic rings. The molecule has 5 aromatic rings. The number of benzene rings is 5. The van der Waals surface area contributed by atoms with Crippen LogP contribution in [0.15, 0.2) is 162 Å². The number of hydrogen-bond donors (Lipinski definition) is 0. The number of aliphatic imine (C=N–C) groups is 1. The second-order valence-corrected chi connectivity index (χ2v) is 16.5. The van der Waals surface area contributed by atoms with Crippen LogP contribution in [0, 0.1) is 10.2 Å². The van der Waals surface area contributed by atoms with Crippen molar-refractivity contribution >= 4 is 40.2 Å². The molecular weight excluding hydrogens is 725 g/mol. The van der Waals surface area contributed by atoms with Crippen LogP contribution >= 0.6 is 7.26 Å². The molecule has 2 heterocycles. The van der Waals surface area contributed by atoms with Crippen molar-refractivity contribution in [3.63, 3.8) is 0 Å². The van der Waals surface area contributed by atoms with Crippen LogP contribution in [0.25, 0.3) is 5.31 Å². The maximum Gasteiger partial charge on any atom is 0.276 e. The van der Waals surface area contributed by atoms with E-state index in [0.717, 1.165) is 38.2 Å². The van der Waals surface area contributed by atoms with Crippen LogP contribution in [-0.4, -0.2) is 74.1 Å². The van der Waals surface area contributed by atoms with Gasteiger partial charge < -0.3 is 19.3 Å². The van der Waals surface area contributed by atoms with Crippen LogP contribution in [0.5, 0.6) is 0 Å². The second-order valence-electron chi connectivity index (χ2n) is 12.4. The summed E-state index contributed by atoms with van der Waals surface area (Å²) < 4.78 is 45.5. The van der Waals surface area contributed by atoms with Gasteiger partial charge in [0.2, 0.25) is 0 Å². The molecule has 0 radical (unpaired) electrons. The molecule has 7 rings (SSSR count). The Bertz CT molecular complexity index is 1890. The lowest BCUT2D eigenvalue weighted by Crippen LogP contribution is -2.68. The monoisotopic (exact) mass is 765 g/mol. The van der Waals surface area contributed by atoms with Gasteiger partial charge in [0.05, 0.1) is 26.4 Å². The van der Waals surface area contributed by atoms with Crippen molar-refractivity contribution in [2.75, 3.05) is 52.6 Å². The third kappa shape index (κ3) is 9.49. The Kier molecular flexibility index (Phi) is 13.4. The van der Waals surface area contributed by atoms with E-state index < -0.39 is 17.5 Å². The van der Waals surface area contributed by atoms with Crippen molar-refractivity contribution in [2.24, 2.45) is 4.99 Å². The van der Waals surface area contributed by atoms with E-state index in [2.05, 4.69) is 132 Å². The third-order valence-corrected chi connectivity index (χ3v) is 13.5. The highest BCUT2D eigenvalue weighted by atomic mass is 35.7. The highest BCUT2D eigenvalue weighted by Gasteiger charge is 2.53. The van der Waals surface area contributed by atoms with E-state index >= 15 is 4.79 Å². The van der Waals surface area contributed by atoms with Crippen LogP contribution in [-0.2, 0) is 14.3 Å². The van der Waals surface area contributed by atoms with Crippen LogP contribution in [0.3, 0.4) is 0 Å². The van der Waals surface area contributed by atoms with E-state index in [0.29, 0.717) is 58.3 Å². The molecule has 0 aliphatic carbocycles. The maximum absolute atomic E-state index is 15.4. The predicted octanol–water partition coefficient (Wildman–Crippen LogP) is 1.23. The highest BCUT2D eigenvalue weighted by Crippen LogP contribution is 2.67. The van der Waals surface area contributed by atoms with E-state index in [1.165, 1.54) is 0 Å². The zero-order valence-corrected chi connectivity index (χ0v) is 31.3. The quantitative estimate of drug-likeness (QED) is 0.0993. The first-order chi connectivity index (χ1) is 26.3. The van der Waals surface area contributed by atoms with Crippen molar-refractivity contribution in [2.45, 2.75) is 0 Å². The van der Waals surface area contributed by atoms with Gasteiger partial charge in [-0.15, -0.1) is 10.2 Å². The Labute approximate surface area is 318 Å². The van der Waals surface area contributed by atoms with Gasteiger partial charge in [0.25, 0.3) is 5.91 Å². The molecule has 0 aromatic heterocycles. The number of amidine groups is 1. The SMILES string of the molecule is O=C(/C(N=C(c1ccccc1)N1CCOCC1)=C(/c1ccccc1)[P+](c1ccccc1)(c1ccccc1)c1ccccc1)N1CCOCC1.[O-][Cl+3]([O-])([O-])[O-]. The van der Waals surface area contributed by atoms with Gasteiger partial charge in [-0.25, -0.2) is 23.6 Å². The minimum Gasteiger partial charge on any atom is -0.378 e. The van der Waals surface area contributed by atoms with Crippen molar-refractivity contribution in [3.8, 4) is 0 Å². The number of amides is 1. The summed E-state index contributed by atoms with van der Waals surface area (Å²) in [4.78, 5) is 25.2. The lowest BCUT2D eigenvalue weighted by atomic mass is 10.1. The fraction of sp³-hybridized carbons (Fsp3) is 0.190. The Morgan fingerprint density at radius 2 is 0.852 bits per heavy atom. The molecular formula is C42H41ClN3O7P. The second kappa shape index (κ2) is 18.5. The normalized spacial score (nSPS) is 15.8. The van der Waals surface area contributed by atoms with Crippen molar-refractivity contribution in [1.29, 1.82) is 0 Å². The molecule has 0 N–H and O–H groups in total.